The van der Waals surface area contributed by atoms with Crippen LogP contribution in [0.5, 0.6) is 0 Å². The molecular weight excluding hydrogens is 243 g/mol. The molecule has 0 atom stereocenters. The molecule has 0 radical (unpaired) electrons. The molecule has 1 aromatic heterocycles. The van der Waals surface area contributed by atoms with Crippen molar-refractivity contribution in [3.8, 4) is 6.07 Å². The molecule has 1 aromatic carbocycles. The maximum atomic E-state index is 13.5. The molecule has 0 aliphatic carbocycles. The van der Waals surface area contributed by atoms with Crippen LogP contribution in [0.15, 0.2) is 34.1 Å². The smallest absolute Gasteiger partial charge is 0.150 e. The second kappa shape index (κ2) is 5.10. The van der Waals surface area contributed by atoms with Gasteiger partial charge in [0.25, 0.3) is 0 Å². The van der Waals surface area contributed by atoms with Crippen molar-refractivity contribution in [3.63, 3.8) is 0 Å². The molecule has 0 amide bonds. The fraction of sp³-hybridized carbons (Fsp3) is 0.0909. The Morgan fingerprint density at radius 3 is 3.00 bits per heavy atom. The van der Waals surface area contributed by atoms with Gasteiger partial charge in [0.05, 0.1) is 11.6 Å². The Kier molecular flexibility index (Phi) is 3.54. The molecule has 0 fully saturated rings. The van der Waals surface area contributed by atoms with Gasteiger partial charge >= 0.3 is 0 Å². The number of thioether (sulfide) groups is 1. The van der Waals surface area contributed by atoms with E-state index < -0.39 is 0 Å². The van der Waals surface area contributed by atoms with Gasteiger partial charge in [0, 0.05) is 17.3 Å². The molecule has 2 rings (SSSR count). The first-order valence-corrected chi connectivity index (χ1v) is 6.37. The van der Waals surface area contributed by atoms with Gasteiger partial charge < -0.3 is 0 Å². The third-order valence-corrected chi connectivity index (χ3v) is 3.96. The summed E-state index contributed by atoms with van der Waals surface area (Å²) in [6.45, 7) is 0. The van der Waals surface area contributed by atoms with Gasteiger partial charge in [-0.2, -0.15) is 5.26 Å². The fourth-order valence-corrected chi connectivity index (χ4v) is 2.78. The largest absolute Gasteiger partial charge is 0.238 e. The first-order chi connectivity index (χ1) is 7.79. The minimum Gasteiger partial charge on any atom is -0.238 e. The van der Waals surface area contributed by atoms with E-state index in [0.29, 0.717) is 16.9 Å². The van der Waals surface area contributed by atoms with Crippen molar-refractivity contribution in [2.45, 2.75) is 10.1 Å². The first kappa shape index (κ1) is 11.1. The van der Waals surface area contributed by atoms with Crippen molar-refractivity contribution < 1.29 is 4.39 Å². The number of rotatable bonds is 3. The highest BCUT2D eigenvalue weighted by Crippen LogP contribution is 2.25. The maximum Gasteiger partial charge on any atom is 0.150 e. The molecule has 5 heteroatoms. The molecule has 16 heavy (non-hydrogen) atoms. The van der Waals surface area contributed by atoms with Gasteiger partial charge in [-0.05, 0) is 17.7 Å². The number of halogens is 1. The Morgan fingerprint density at radius 2 is 2.38 bits per heavy atom. The highest BCUT2D eigenvalue weighted by molar-refractivity contribution is 8.00. The predicted octanol–water partition coefficient (Wildman–Crippen LogP) is 3.45. The van der Waals surface area contributed by atoms with E-state index >= 15 is 0 Å². The summed E-state index contributed by atoms with van der Waals surface area (Å²) in [5.41, 5.74) is 0.944. The number of nitrogens with zero attached hydrogens (tertiary/aromatic N) is 2. The van der Waals surface area contributed by atoms with Crippen LogP contribution in [0, 0.1) is 17.1 Å². The van der Waals surface area contributed by atoms with E-state index in [-0.39, 0.29) is 5.82 Å². The van der Waals surface area contributed by atoms with Crippen LogP contribution >= 0.6 is 23.1 Å². The van der Waals surface area contributed by atoms with Crippen LogP contribution in [0.4, 0.5) is 4.39 Å². The molecule has 0 N–H and O–H groups in total. The van der Waals surface area contributed by atoms with Gasteiger partial charge in [-0.1, -0.05) is 17.8 Å². The summed E-state index contributed by atoms with van der Waals surface area (Å²) < 4.78 is 14.4. The number of thiazole rings is 1. The molecule has 0 bridgehead atoms. The summed E-state index contributed by atoms with van der Waals surface area (Å²) >= 11 is 3.03. The van der Waals surface area contributed by atoms with E-state index in [1.165, 1.54) is 29.2 Å². The Hall–Kier alpha value is -1.38. The number of benzene rings is 1. The van der Waals surface area contributed by atoms with Crippen LogP contribution in [-0.4, -0.2) is 4.98 Å². The van der Waals surface area contributed by atoms with E-state index in [1.807, 2.05) is 11.4 Å². The lowest BCUT2D eigenvalue weighted by Crippen LogP contribution is -1.88. The van der Waals surface area contributed by atoms with Crippen LogP contribution in [0.2, 0.25) is 0 Å². The molecule has 2 aromatic rings. The minimum atomic E-state index is -0.330. The maximum absolute atomic E-state index is 13.5. The highest BCUT2D eigenvalue weighted by atomic mass is 32.2. The standard InChI is InChI=1S/C11H7FN2S2/c12-10-5-8(6-13)1-2-9(10)7-16-11-14-3-4-15-11/h1-5H,7H2. The molecule has 80 valence electrons. The minimum absolute atomic E-state index is 0.330. The molecule has 0 unspecified atom stereocenters. The van der Waals surface area contributed by atoms with E-state index in [9.17, 15) is 4.39 Å². The van der Waals surface area contributed by atoms with Crippen LogP contribution in [0.25, 0.3) is 0 Å². The topological polar surface area (TPSA) is 36.7 Å². The molecule has 0 spiro atoms. The second-order valence-corrected chi connectivity index (χ2v) is 5.12. The van der Waals surface area contributed by atoms with Gasteiger partial charge in [0.15, 0.2) is 0 Å². The van der Waals surface area contributed by atoms with Crippen molar-refractivity contribution in [2.24, 2.45) is 0 Å². The number of hydrogen-bond donors (Lipinski definition) is 0. The Balaban J connectivity index is 2.08. The van der Waals surface area contributed by atoms with E-state index in [1.54, 1.807) is 18.3 Å². The van der Waals surface area contributed by atoms with E-state index in [4.69, 9.17) is 5.26 Å². The van der Waals surface area contributed by atoms with Crippen molar-refractivity contribution in [1.29, 1.82) is 5.26 Å². The van der Waals surface area contributed by atoms with E-state index in [0.717, 1.165) is 4.34 Å². The normalized spacial score (nSPS) is 10.0. The van der Waals surface area contributed by atoms with Crippen LogP contribution < -0.4 is 0 Å². The average molecular weight is 250 g/mol. The number of nitriles is 1. The van der Waals surface area contributed by atoms with Crippen molar-refractivity contribution in [2.75, 3.05) is 0 Å². The zero-order valence-electron chi connectivity index (χ0n) is 8.18. The predicted molar refractivity (Wildman–Crippen MR) is 62.8 cm³/mol. The first-order valence-electron chi connectivity index (χ1n) is 4.50. The fourth-order valence-electron chi connectivity index (χ4n) is 1.16. The molecule has 2 nitrogen and oxygen atoms in total. The lowest BCUT2D eigenvalue weighted by molar-refractivity contribution is 0.617. The molecule has 0 saturated heterocycles. The summed E-state index contributed by atoms with van der Waals surface area (Å²) in [6.07, 6.45) is 1.72. The third kappa shape index (κ3) is 2.60. The zero-order valence-corrected chi connectivity index (χ0v) is 9.82. The Labute approximate surface area is 101 Å². The van der Waals surface area contributed by atoms with Gasteiger partial charge in [-0.3, -0.25) is 0 Å². The zero-order chi connectivity index (χ0) is 11.4. The number of hydrogen-bond acceptors (Lipinski definition) is 4. The lowest BCUT2D eigenvalue weighted by atomic mass is 10.1. The van der Waals surface area contributed by atoms with Crippen molar-refractivity contribution >= 4 is 23.1 Å². The van der Waals surface area contributed by atoms with Crippen LogP contribution in [0.3, 0.4) is 0 Å². The van der Waals surface area contributed by atoms with Crippen molar-refractivity contribution in [1.82, 2.24) is 4.98 Å². The van der Waals surface area contributed by atoms with E-state index in [2.05, 4.69) is 4.98 Å². The summed E-state index contributed by atoms with van der Waals surface area (Å²) in [6, 6.07) is 6.44. The SMILES string of the molecule is N#Cc1ccc(CSc2nccs2)c(F)c1. The molecular formula is C11H7FN2S2. The number of aromatic nitrogens is 1. The van der Waals surface area contributed by atoms with Crippen LogP contribution in [-0.2, 0) is 5.75 Å². The summed E-state index contributed by atoms with van der Waals surface area (Å²) in [5, 5.41) is 10.5. The van der Waals surface area contributed by atoms with Gasteiger partial charge in [-0.15, -0.1) is 11.3 Å². The quantitative estimate of drug-likeness (QED) is 0.783. The van der Waals surface area contributed by atoms with Gasteiger partial charge in [0.2, 0.25) is 0 Å². The summed E-state index contributed by atoms with van der Waals surface area (Å²) in [4.78, 5) is 4.10. The molecule has 0 aliphatic heterocycles. The highest BCUT2D eigenvalue weighted by Gasteiger charge is 2.05. The lowest BCUT2D eigenvalue weighted by Gasteiger charge is -2.01. The van der Waals surface area contributed by atoms with Crippen molar-refractivity contribution in [3.05, 3.63) is 46.7 Å². The van der Waals surface area contributed by atoms with Crippen LogP contribution in [0.1, 0.15) is 11.1 Å². The monoisotopic (exact) mass is 250 g/mol. The molecule has 0 aliphatic rings. The third-order valence-electron chi connectivity index (χ3n) is 1.94. The average Bonchev–Trinajstić information content (AvgIpc) is 2.80. The summed E-state index contributed by atoms with van der Waals surface area (Å²) in [7, 11) is 0. The van der Waals surface area contributed by atoms with Gasteiger partial charge in [-0.25, -0.2) is 9.37 Å². The Bertz CT molecular complexity index is 517. The molecule has 0 saturated carbocycles. The summed E-state index contributed by atoms with van der Waals surface area (Å²) in [5.74, 6) is 0.202. The molecule has 1 heterocycles. The van der Waals surface area contributed by atoms with Gasteiger partial charge in [0.1, 0.15) is 10.2 Å². The second-order valence-electron chi connectivity index (χ2n) is 3.00. The Morgan fingerprint density at radius 1 is 1.50 bits per heavy atom.